The normalized spacial score (nSPS) is 14.1. The molecule has 8 nitrogen and oxygen atoms in total. The molecule has 51 heavy (non-hydrogen) atoms. The Morgan fingerprint density at radius 3 is 2.31 bits per heavy atom. The average molecular weight is 758 g/mol. The minimum atomic E-state index is -0.724. The van der Waals surface area contributed by atoms with Gasteiger partial charge in [-0.1, -0.05) is 121 Å². The largest absolute Gasteiger partial charge is 0.488 e. The summed E-state index contributed by atoms with van der Waals surface area (Å²) in [7, 11) is 0. The zero-order valence-electron chi connectivity index (χ0n) is 27.7. The minimum absolute atomic E-state index is 0.0812. The Kier molecular flexibility index (Phi) is 12.7. The lowest BCUT2D eigenvalue weighted by Crippen LogP contribution is -2.42. The van der Waals surface area contributed by atoms with Gasteiger partial charge in [-0.05, 0) is 69.9 Å². The van der Waals surface area contributed by atoms with E-state index in [1.807, 2.05) is 72.8 Å². The highest BCUT2D eigenvalue weighted by molar-refractivity contribution is 9.10. The molecule has 0 fully saturated rings. The number of allylic oxidation sites excluding steroid dienone is 4. The number of nitrogens with one attached hydrogen (secondary N) is 1. The molecule has 1 N–H and O–H groups in total. The Balaban J connectivity index is 1.37. The second kappa shape index (κ2) is 17.8. The summed E-state index contributed by atoms with van der Waals surface area (Å²) in [5, 5.41) is 12.6. The Hall–Kier alpha value is -5.76. The number of nitrogens with zero attached hydrogens (tertiary/aromatic N) is 3. The lowest BCUT2D eigenvalue weighted by Gasteiger charge is -2.28. The molecule has 1 aliphatic rings. The molecule has 10 heteroatoms. The molecule has 0 bridgehead atoms. The number of carbonyl (C=O) groups is 3. The molecule has 0 unspecified atom stereocenters. The molecule has 1 heterocycles. The fourth-order valence-corrected chi connectivity index (χ4v) is 6.51. The molecule has 0 spiro atoms. The van der Waals surface area contributed by atoms with E-state index >= 15 is 0 Å². The fourth-order valence-electron chi connectivity index (χ4n) is 5.19. The van der Waals surface area contributed by atoms with Crippen LogP contribution in [0.2, 0.25) is 0 Å². The first kappa shape index (κ1) is 36.5. The predicted molar refractivity (Wildman–Crippen MR) is 205 cm³/mol. The van der Waals surface area contributed by atoms with Gasteiger partial charge in [-0.3, -0.25) is 19.3 Å². The molecule has 0 saturated carbocycles. The summed E-state index contributed by atoms with van der Waals surface area (Å²) >= 11 is 4.52. The van der Waals surface area contributed by atoms with Crippen LogP contribution >= 0.6 is 27.7 Å². The van der Waals surface area contributed by atoms with Gasteiger partial charge in [0.2, 0.25) is 5.91 Å². The molecule has 5 rings (SSSR count). The SMILES string of the molecule is C=C/C=C\C(=C/C)N1C(=O)/C(=C/c2ccc(OCc3ccccc3C#N)c(Br)c2)C(=O)N=C1SCC(=O)NC(c1ccccc1)c1ccccc1. The van der Waals surface area contributed by atoms with Crippen molar-refractivity contribution >= 4 is 56.7 Å². The minimum Gasteiger partial charge on any atom is -0.488 e. The number of carbonyl (C=O) groups excluding carboxylic acids is 3. The Morgan fingerprint density at radius 1 is 1.02 bits per heavy atom. The maximum absolute atomic E-state index is 14.1. The van der Waals surface area contributed by atoms with Crippen LogP contribution in [-0.2, 0) is 21.0 Å². The van der Waals surface area contributed by atoms with Gasteiger partial charge in [0.25, 0.3) is 11.8 Å². The van der Waals surface area contributed by atoms with Crippen LogP contribution in [0.25, 0.3) is 6.08 Å². The number of thioether (sulfide) groups is 1. The molecular weight excluding hydrogens is 724 g/mol. The number of halogens is 1. The highest BCUT2D eigenvalue weighted by atomic mass is 79.9. The first-order chi connectivity index (χ1) is 24.8. The van der Waals surface area contributed by atoms with Crippen molar-refractivity contribution in [3.8, 4) is 11.8 Å². The fraction of sp³-hybridized carbons (Fsp3) is 0.0976. The van der Waals surface area contributed by atoms with Crippen LogP contribution in [0.4, 0.5) is 0 Å². The number of aliphatic imine (C=N–C) groups is 1. The molecule has 0 aromatic heterocycles. The summed E-state index contributed by atoms with van der Waals surface area (Å²) in [4.78, 5) is 46.5. The third-order valence-electron chi connectivity index (χ3n) is 7.70. The van der Waals surface area contributed by atoms with E-state index in [0.717, 1.165) is 28.5 Å². The number of amides is 3. The second-order valence-electron chi connectivity index (χ2n) is 11.1. The summed E-state index contributed by atoms with van der Waals surface area (Å²) in [5.74, 6) is -1.18. The van der Waals surface area contributed by atoms with Crippen LogP contribution in [0.3, 0.4) is 0 Å². The van der Waals surface area contributed by atoms with Gasteiger partial charge in [0.15, 0.2) is 5.17 Å². The Bertz CT molecular complexity index is 2060. The molecule has 0 saturated heterocycles. The van der Waals surface area contributed by atoms with E-state index in [1.54, 1.807) is 61.6 Å². The summed E-state index contributed by atoms with van der Waals surface area (Å²) in [5.41, 5.74) is 3.98. The molecular formula is C41H33BrN4O4S. The van der Waals surface area contributed by atoms with Gasteiger partial charge in [-0.25, -0.2) is 0 Å². The van der Waals surface area contributed by atoms with Crippen molar-refractivity contribution in [2.75, 3.05) is 5.75 Å². The first-order valence-corrected chi connectivity index (χ1v) is 17.7. The van der Waals surface area contributed by atoms with Crippen molar-refractivity contribution in [2.45, 2.75) is 19.6 Å². The van der Waals surface area contributed by atoms with Crippen molar-refractivity contribution in [1.29, 1.82) is 5.26 Å². The smallest absolute Gasteiger partial charge is 0.285 e. The van der Waals surface area contributed by atoms with Crippen LogP contribution in [0.15, 0.2) is 155 Å². The highest BCUT2D eigenvalue weighted by Crippen LogP contribution is 2.31. The maximum atomic E-state index is 14.1. The molecule has 4 aromatic rings. The molecule has 3 amide bonds. The number of amidine groups is 1. The van der Waals surface area contributed by atoms with E-state index in [4.69, 9.17) is 4.74 Å². The van der Waals surface area contributed by atoms with Crippen LogP contribution in [-0.4, -0.2) is 33.5 Å². The van der Waals surface area contributed by atoms with E-state index in [9.17, 15) is 19.6 Å². The average Bonchev–Trinajstić information content (AvgIpc) is 3.16. The predicted octanol–water partition coefficient (Wildman–Crippen LogP) is 8.29. The summed E-state index contributed by atoms with van der Waals surface area (Å²) in [6, 6.07) is 33.4. The van der Waals surface area contributed by atoms with Crippen molar-refractivity contribution in [1.82, 2.24) is 10.2 Å². The number of rotatable bonds is 12. The van der Waals surface area contributed by atoms with Crippen LogP contribution in [0.5, 0.6) is 5.75 Å². The van der Waals surface area contributed by atoms with Crippen molar-refractivity contribution in [2.24, 2.45) is 4.99 Å². The van der Waals surface area contributed by atoms with Gasteiger partial charge in [-0.15, -0.1) is 0 Å². The quantitative estimate of drug-likeness (QED) is 0.0885. The second-order valence-corrected chi connectivity index (χ2v) is 12.9. The van der Waals surface area contributed by atoms with Gasteiger partial charge in [0, 0.05) is 11.3 Å². The van der Waals surface area contributed by atoms with Crippen molar-refractivity contribution in [3.63, 3.8) is 0 Å². The topological polar surface area (TPSA) is 112 Å². The molecule has 0 aliphatic carbocycles. The van der Waals surface area contributed by atoms with Crippen LogP contribution in [0, 0.1) is 11.3 Å². The molecule has 0 radical (unpaired) electrons. The molecule has 254 valence electrons. The van der Waals surface area contributed by atoms with Crippen LogP contribution in [0.1, 0.15) is 40.8 Å². The number of hydrogen-bond donors (Lipinski definition) is 1. The number of benzene rings is 4. The summed E-state index contributed by atoms with van der Waals surface area (Å²) < 4.78 is 6.54. The maximum Gasteiger partial charge on any atom is 0.285 e. The number of nitriles is 1. The van der Waals surface area contributed by atoms with E-state index in [-0.39, 0.29) is 29.0 Å². The van der Waals surface area contributed by atoms with Gasteiger partial charge in [-0.2, -0.15) is 10.3 Å². The zero-order valence-corrected chi connectivity index (χ0v) is 30.1. The Labute approximate surface area is 309 Å². The van der Waals surface area contributed by atoms with Gasteiger partial charge < -0.3 is 10.1 Å². The molecule has 0 atom stereocenters. The van der Waals surface area contributed by atoms with Gasteiger partial charge in [0.05, 0.1) is 27.9 Å². The van der Waals surface area contributed by atoms with Crippen LogP contribution < -0.4 is 10.1 Å². The molecule has 4 aromatic carbocycles. The first-order valence-electron chi connectivity index (χ1n) is 15.9. The third kappa shape index (κ3) is 9.28. The van der Waals surface area contributed by atoms with Crippen molar-refractivity contribution in [3.05, 3.63) is 178 Å². The highest BCUT2D eigenvalue weighted by Gasteiger charge is 2.35. The lowest BCUT2D eigenvalue weighted by molar-refractivity contribution is -0.126. The van der Waals surface area contributed by atoms with E-state index < -0.39 is 17.9 Å². The zero-order chi connectivity index (χ0) is 36.2. The van der Waals surface area contributed by atoms with Crippen molar-refractivity contribution < 1.29 is 19.1 Å². The van der Waals surface area contributed by atoms with Gasteiger partial charge >= 0.3 is 0 Å². The standard InChI is InChI=1S/C41H33BrN4O4S/c1-3-5-20-33(4-2)46-40(49)34(23-28-21-22-36(35(42)24-28)50-26-32-19-13-12-18-31(32)25-43)39(48)45-41(46)51-27-37(47)44-38(29-14-8-6-9-15-29)30-16-10-7-11-17-30/h3-24,38H,1,26-27H2,2H3,(H,44,47)/b20-5-,33-4+,34-23+. The number of ether oxygens (including phenoxy) is 1. The Morgan fingerprint density at radius 2 is 1.69 bits per heavy atom. The van der Waals surface area contributed by atoms with E-state index in [0.29, 0.717) is 27.0 Å². The van der Waals surface area contributed by atoms with E-state index in [2.05, 4.69) is 38.9 Å². The lowest BCUT2D eigenvalue weighted by atomic mass is 9.99. The summed E-state index contributed by atoms with van der Waals surface area (Å²) in [6.45, 7) is 5.67. The van der Waals surface area contributed by atoms with Gasteiger partial charge in [0.1, 0.15) is 17.9 Å². The number of hydrogen-bond acceptors (Lipinski definition) is 6. The third-order valence-corrected chi connectivity index (χ3v) is 9.26. The monoisotopic (exact) mass is 756 g/mol. The van der Waals surface area contributed by atoms with E-state index in [1.165, 1.54) is 11.0 Å². The summed E-state index contributed by atoms with van der Waals surface area (Å²) in [6.07, 6.45) is 8.12. The molecule has 1 aliphatic heterocycles.